The molecule has 2 aliphatic rings. The van der Waals surface area contributed by atoms with Crippen molar-refractivity contribution in [1.82, 2.24) is 5.32 Å². The molecule has 0 aliphatic carbocycles. The van der Waals surface area contributed by atoms with E-state index in [1.165, 1.54) is 24.0 Å². The van der Waals surface area contributed by atoms with Crippen LogP contribution in [0.15, 0.2) is 18.2 Å². The van der Waals surface area contributed by atoms with Crippen LogP contribution in [0.3, 0.4) is 0 Å². The zero-order valence-corrected chi connectivity index (χ0v) is 13.2. The van der Waals surface area contributed by atoms with Crippen LogP contribution in [-0.4, -0.2) is 25.0 Å². The average molecular weight is 286 g/mol. The van der Waals surface area contributed by atoms with Crippen molar-refractivity contribution in [2.45, 2.75) is 52.0 Å². The molecule has 0 spiro atoms. The van der Waals surface area contributed by atoms with Crippen LogP contribution in [0.2, 0.25) is 0 Å². The average Bonchev–Trinajstić information content (AvgIpc) is 2.98. The Balaban J connectivity index is 1.79. The first-order valence-electron chi connectivity index (χ1n) is 8.31. The van der Waals surface area contributed by atoms with E-state index in [0.29, 0.717) is 6.04 Å². The first kappa shape index (κ1) is 14.6. The third-order valence-corrected chi connectivity index (χ3v) is 4.67. The van der Waals surface area contributed by atoms with Crippen molar-refractivity contribution in [2.75, 3.05) is 18.0 Å². The number of anilines is 1. The van der Waals surface area contributed by atoms with Crippen LogP contribution < -0.4 is 10.2 Å². The lowest BCUT2D eigenvalue weighted by molar-refractivity contribution is -0.121. The minimum atomic E-state index is 0.0679. The van der Waals surface area contributed by atoms with E-state index in [-0.39, 0.29) is 11.8 Å². The Morgan fingerprint density at radius 3 is 2.95 bits per heavy atom. The molecular weight excluding hydrogens is 260 g/mol. The topological polar surface area (TPSA) is 32.3 Å². The molecule has 1 fully saturated rings. The number of carbonyl (C=O) groups excluding carboxylic acids is 1. The van der Waals surface area contributed by atoms with Crippen LogP contribution in [0.25, 0.3) is 0 Å². The molecule has 1 unspecified atom stereocenters. The van der Waals surface area contributed by atoms with E-state index in [1.807, 2.05) is 18.7 Å². The summed E-state index contributed by atoms with van der Waals surface area (Å²) in [4.78, 5) is 14.3. The maximum atomic E-state index is 12.3. The largest absolute Gasteiger partial charge is 0.314 e. The Morgan fingerprint density at radius 2 is 2.24 bits per heavy atom. The molecule has 2 aliphatic heterocycles. The zero-order chi connectivity index (χ0) is 14.8. The van der Waals surface area contributed by atoms with Crippen LogP contribution in [0, 0.1) is 5.92 Å². The number of carbonyl (C=O) groups is 1. The summed E-state index contributed by atoms with van der Waals surface area (Å²) < 4.78 is 0. The summed E-state index contributed by atoms with van der Waals surface area (Å²) in [6, 6.07) is 7.35. The Labute approximate surface area is 127 Å². The van der Waals surface area contributed by atoms with Crippen LogP contribution in [-0.2, 0) is 17.6 Å². The molecule has 1 aromatic carbocycles. The fourth-order valence-electron chi connectivity index (χ4n) is 3.53. The molecule has 2 heterocycles. The highest BCUT2D eigenvalue weighted by Crippen LogP contribution is 2.30. The quantitative estimate of drug-likeness (QED) is 0.926. The summed E-state index contributed by atoms with van der Waals surface area (Å²) in [6.07, 6.45) is 5.88. The lowest BCUT2D eigenvalue weighted by Gasteiger charge is -2.31. The lowest BCUT2D eigenvalue weighted by Crippen LogP contribution is -2.38. The van der Waals surface area contributed by atoms with Gasteiger partial charge in [0.25, 0.3) is 0 Å². The maximum Gasteiger partial charge on any atom is 0.229 e. The van der Waals surface area contributed by atoms with Gasteiger partial charge in [0, 0.05) is 24.2 Å². The second-order valence-corrected chi connectivity index (χ2v) is 6.71. The third-order valence-electron chi connectivity index (χ3n) is 4.67. The fraction of sp³-hybridized carbons (Fsp3) is 0.611. The maximum absolute atomic E-state index is 12.3. The lowest BCUT2D eigenvalue weighted by atomic mass is 9.95. The number of nitrogens with zero attached hydrogens (tertiary/aromatic N) is 1. The van der Waals surface area contributed by atoms with Crippen molar-refractivity contribution in [2.24, 2.45) is 5.92 Å². The summed E-state index contributed by atoms with van der Waals surface area (Å²) in [7, 11) is 0. The van der Waals surface area contributed by atoms with Crippen molar-refractivity contribution in [3.63, 3.8) is 0 Å². The minimum absolute atomic E-state index is 0.0679. The van der Waals surface area contributed by atoms with E-state index in [0.717, 1.165) is 38.0 Å². The standard InChI is InChI=1S/C18H26N2O/c1-13(2)18(21)20-10-4-5-15-11-14(7-8-17(15)20)12-16-6-3-9-19-16/h7-8,11,13,16,19H,3-6,9-10,12H2,1-2H3. The van der Waals surface area contributed by atoms with Gasteiger partial charge in [-0.15, -0.1) is 0 Å². The molecule has 3 heteroatoms. The van der Waals surface area contributed by atoms with Gasteiger partial charge in [-0.3, -0.25) is 4.79 Å². The second kappa shape index (κ2) is 6.18. The van der Waals surface area contributed by atoms with Gasteiger partial charge in [0.2, 0.25) is 5.91 Å². The molecule has 1 aromatic rings. The van der Waals surface area contributed by atoms with Gasteiger partial charge in [-0.1, -0.05) is 26.0 Å². The van der Waals surface area contributed by atoms with Crippen molar-refractivity contribution in [1.29, 1.82) is 0 Å². The number of rotatable bonds is 3. The molecular formula is C18H26N2O. The highest BCUT2D eigenvalue weighted by Gasteiger charge is 2.24. The zero-order valence-electron chi connectivity index (χ0n) is 13.2. The highest BCUT2D eigenvalue weighted by atomic mass is 16.2. The molecule has 1 atom stereocenters. The van der Waals surface area contributed by atoms with Crippen LogP contribution >= 0.6 is 0 Å². The molecule has 3 nitrogen and oxygen atoms in total. The molecule has 114 valence electrons. The Hall–Kier alpha value is -1.35. The van der Waals surface area contributed by atoms with Gasteiger partial charge < -0.3 is 10.2 Å². The molecule has 3 rings (SSSR count). The monoisotopic (exact) mass is 286 g/mol. The molecule has 1 N–H and O–H groups in total. The van der Waals surface area contributed by atoms with Crippen molar-refractivity contribution in [3.05, 3.63) is 29.3 Å². The summed E-state index contributed by atoms with van der Waals surface area (Å²) in [5.41, 5.74) is 3.90. The van der Waals surface area contributed by atoms with E-state index in [1.54, 1.807) is 0 Å². The van der Waals surface area contributed by atoms with Gasteiger partial charge in [-0.25, -0.2) is 0 Å². The fourth-order valence-corrected chi connectivity index (χ4v) is 3.53. The smallest absolute Gasteiger partial charge is 0.229 e. The summed E-state index contributed by atoms with van der Waals surface area (Å²) in [5.74, 6) is 0.319. The Bertz CT molecular complexity index is 518. The summed E-state index contributed by atoms with van der Waals surface area (Å²) >= 11 is 0. The van der Waals surface area contributed by atoms with Gasteiger partial charge in [-0.2, -0.15) is 0 Å². The third kappa shape index (κ3) is 3.13. The van der Waals surface area contributed by atoms with Crippen LogP contribution in [0.4, 0.5) is 5.69 Å². The number of fused-ring (bicyclic) bond motifs is 1. The molecule has 1 amide bonds. The molecule has 0 bridgehead atoms. The first-order chi connectivity index (χ1) is 10.1. The van der Waals surface area contributed by atoms with Crippen molar-refractivity contribution >= 4 is 11.6 Å². The Morgan fingerprint density at radius 1 is 1.38 bits per heavy atom. The predicted octanol–water partition coefficient (Wildman–Crippen LogP) is 2.92. The normalized spacial score (nSPS) is 21.7. The van der Waals surface area contributed by atoms with Gasteiger partial charge in [0.1, 0.15) is 0 Å². The number of nitrogens with one attached hydrogen (secondary N) is 1. The van der Waals surface area contributed by atoms with Gasteiger partial charge in [0.15, 0.2) is 0 Å². The number of hydrogen-bond donors (Lipinski definition) is 1. The van der Waals surface area contributed by atoms with Crippen molar-refractivity contribution < 1.29 is 4.79 Å². The van der Waals surface area contributed by atoms with Crippen LogP contribution in [0.1, 0.15) is 44.2 Å². The first-order valence-corrected chi connectivity index (χ1v) is 8.31. The number of amides is 1. The van der Waals surface area contributed by atoms with E-state index < -0.39 is 0 Å². The summed E-state index contributed by atoms with van der Waals surface area (Å²) in [6.45, 7) is 5.99. The molecule has 1 saturated heterocycles. The molecule has 0 saturated carbocycles. The number of aryl methyl sites for hydroxylation is 1. The van der Waals surface area contributed by atoms with E-state index in [4.69, 9.17) is 0 Å². The number of benzene rings is 1. The molecule has 0 aromatic heterocycles. The van der Waals surface area contributed by atoms with Gasteiger partial charge in [0.05, 0.1) is 0 Å². The summed E-state index contributed by atoms with van der Waals surface area (Å²) in [5, 5.41) is 3.56. The van der Waals surface area contributed by atoms with Crippen molar-refractivity contribution in [3.8, 4) is 0 Å². The molecule has 0 radical (unpaired) electrons. The second-order valence-electron chi connectivity index (χ2n) is 6.71. The Kier molecular flexibility index (Phi) is 4.29. The van der Waals surface area contributed by atoms with Gasteiger partial charge >= 0.3 is 0 Å². The van der Waals surface area contributed by atoms with E-state index in [9.17, 15) is 4.79 Å². The van der Waals surface area contributed by atoms with E-state index in [2.05, 4.69) is 23.5 Å². The van der Waals surface area contributed by atoms with Crippen LogP contribution in [0.5, 0.6) is 0 Å². The minimum Gasteiger partial charge on any atom is -0.314 e. The number of hydrogen-bond acceptors (Lipinski definition) is 2. The van der Waals surface area contributed by atoms with E-state index >= 15 is 0 Å². The SMILES string of the molecule is CC(C)C(=O)N1CCCc2cc(CC3CCCN3)ccc21. The predicted molar refractivity (Wildman–Crippen MR) is 86.7 cm³/mol. The highest BCUT2D eigenvalue weighted by molar-refractivity contribution is 5.95. The van der Waals surface area contributed by atoms with Gasteiger partial charge in [-0.05, 0) is 55.8 Å². The molecule has 21 heavy (non-hydrogen) atoms.